The first kappa shape index (κ1) is 6.91. The highest BCUT2D eigenvalue weighted by Gasteiger charge is 1.90. The summed E-state index contributed by atoms with van der Waals surface area (Å²) in [5.41, 5.74) is 1.34. The summed E-state index contributed by atoms with van der Waals surface area (Å²) in [5.74, 6) is 0. The van der Waals surface area contributed by atoms with E-state index in [1.165, 1.54) is 0 Å². The van der Waals surface area contributed by atoms with Gasteiger partial charge in [-0.1, -0.05) is 6.07 Å². The second-order valence-electron chi connectivity index (χ2n) is 1.79. The number of rotatable bonds is 1. The van der Waals surface area contributed by atoms with Crippen LogP contribution >= 0.6 is 11.8 Å². The van der Waals surface area contributed by atoms with Gasteiger partial charge in [-0.25, -0.2) is 0 Å². The first-order valence-corrected chi connectivity index (χ1v) is 3.11. The zero-order valence-electron chi connectivity index (χ0n) is 5.13. The maximum Gasteiger partial charge on any atom is 0.0992 e. The Labute approximate surface area is 64.2 Å². The van der Waals surface area contributed by atoms with Gasteiger partial charge in [0.1, 0.15) is 0 Å². The number of halogens is 1. The van der Waals surface area contributed by atoms with E-state index >= 15 is 0 Å². The van der Waals surface area contributed by atoms with Gasteiger partial charge in [-0.15, -0.1) is 0 Å². The molecular weight excluding hydrogens is 148 g/mol. The lowest BCUT2D eigenvalue weighted by Gasteiger charge is -1.94. The zero-order chi connectivity index (χ0) is 7.40. The Balaban J connectivity index is 3.01. The van der Waals surface area contributed by atoms with E-state index in [-0.39, 0.29) is 0 Å². The van der Waals surface area contributed by atoms with Crippen molar-refractivity contribution in [2.24, 2.45) is 0 Å². The van der Waals surface area contributed by atoms with Crippen molar-refractivity contribution in [3.63, 3.8) is 0 Å². The number of nitrogens with one attached hydrogen (secondary N) is 1. The predicted octanol–water partition coefficient (Wildman–Crippen LogP) is 2.12. The number of nitrogens with zero attached hydrogens (tertiary/aromatic N) is 1. The molecule has 2 nitrogen and oxygen atoms in total. The van der Waals surface area contributed by atoms with Crippen LogP contribution in [0.3, 0.4) is 0 Å². The van der Waals surface area contributed by atoms with Gasteiger partial charge in [-0.3, -0.25) is 4.84 Å². The molecule has 1 N–H and O–H groups in total. The number of hydrogen-bond donors (Lipinski definition) is 1. The van der Waals surface area contributed by atoms with Crippen molar-refractivity contribution < 1.29 is 0 Å². The topological polar surface area (TPSA) is 35.8 Å². The van der Waals surface area contributed by atoms with Gasteiger partial charge in [-0.2, -0.15) is 5.26 Å². The molecule has 0 bridgehead atoms. The van der Waals surface area contributed by atoms with Crippen molar-refractivity contribution >= 4 is 17.5 Å². The molecule has 1 rings (SSSR count). The van der Waals surface area contributed by atoms with Gasteiger partial charge >= 0.3 is 0 Å². The van der Waals surface area contributed by atoms with Gasteiger partial charge in [0, 0.05) is 11.8 Å². The van der Waals surface area contributed by atoms with Gasteiger partial charge in [0.25, 0.3) is 0 Å². The predicted molar refractivity (Wildman–Crippen MR) is 40.6 cm³/mol. The highest BCUT2D eigenvalue weighted by Crippen LogP contribution is 2.09. The Morgan fingerprint density at radius 3 is 2.90 bits per heavy atom. The van der Waals surface area contributed by atoms with Crippen molar-refractivity contribution in [1.29, 1.82) is 5.26 Å². The standard InChI is InChI=1S/C7H5ClN2/c8-10-7-3-1-2-6(4-7)5-9/h1-4,10H. The molecule has 1 aromatic rings. The van der Waals surface area contributed by atoms with Crippen LogP contribution in [-0.2, 0) is 0 Å². The quantitative estimate of drug-likeness (QED) is 0.626. The van der Waals surface area contributed by atoms with E-state index in [4.69, 9.17) is 17.0 Å². The van der Waals surface area contributed by atoms with E-state index in [0.717, 1.165) is 5.69 Å². The lowest BCUT2D eigenvalue weighted by Crippen LogP contribution is -1.80. The monoisotopic (exact) mass is 152 g/mol. The summed E-state index contributed by atoms with van der Waals surface area (Å²) in [6, 6.07) is 8.95. The van der Waals surface area contributed by atoms with Crippen LogP contribution in [0.25, 0.3) is 0 Å². The smallest absolute Gasteiger partial charge is 0.0992 e. The van der Waals surface area contributed by atoms with Gasteiger partial charge in [0.2, 0.25) is 0 Å². The lowest BCUT2D eigenvalue weighted by atomic mass is 10.2. The van der Waals surface area contributed by atoms with Crippen molar-refractivity contribution in [2.75, 3.05) is 4.84 Å². The summed E-state index contributed by atoms with van der Waals surface area (Å²) in [7, 11) is 0. The molecule has 3 heteroatoms. The molecule has 50 valence electrons. The van der Waals surface area contributed by atoms with Crippen molar-refractivity contribution in [3.05, 3.63) is 29.8 Å². The van der Waals surface area contributed by atoms with Gasteiger partial charge in [-0.05, 0) is 18.2 Å². The van der Waals surface area contributed by atoms with Crippen LogP contribution in [0.15, 0.2) is 24.3 Å². The third kappa shape index (κ3) is 1.40. The van der Waals surface area contributed by atoms with Crippen LogP contribution in [-0.4, -0.2) is 0 Å². The molecule has 0 unspecified atom stereocenters. The van der Waals surface area contributed by atoms with E-state index in [2.05, 4.69) is 4.84 Å². The minimum atomic E-state index is 0.602. The molecule has 10 heavy (non-hydrogen) atoms. The Morgan fingerprint density at radius 2 is 2.30 bits per heavy atom. The highest BCUT2D eigenvalue weighted by molar-refractivity contribution is 6.23. The maximum atomic E-state index is 8.44. The fraction of sp³-hybridized carbons (Fsp3) is 0. The largest absolute Gasteiger partial charge is 0.298 e. The Hall–Kier alpha value is -1.20. The van der Waals surface area contributed by atoms with Crippen LogP contribution < -0.4 is 4.84 Å². The summed E-state index contributed by atoms with van der Waals surface area (Å²) in [5, 5.41) is 8.44. The average molecular weight is 153 g/mol. The van der Waals surface area contributed by atoms with Crippen LogP contribution in [0.2, 0.25) is 0 Å². The molecule has 0 atom stereocenters. The second-order valence-corrected chi connectivity index (χ2v) is 1.98. The minimum Gasteiger partial charge on any atom is -0.298 e. The molecule has 0 saturated heterocycles. The number of benzene rings is 1. The van der Waals surface area contributed by atoms with Crippen LogP contribution in [0.5, 0.6) is 0 Å². The highest BCUT2D eigenvalue weighted by atomic mass is 35.5. The average Bonchev–Trinajstić information content (AvgIpc) is 2.05. The van der Waals surface area contributed by atoms with Crippen LogP contribution in [0, 0.1) is 11.3 Å². The molecule has 1 aromatic carbocycles. The summed E-state index contributed by atoms with van der Waals surface area (Å²) in [4.78, 5) is 2.42. The summed E-state index contributed by atoms with van der Waals surface area (Å²) < 4.78 is 0. The molecular formula is C7H5ClN2. The summed E-state index contributed by atoms with van der Waals surface area (Å²) >= 11 is 5.30. The molecule has 0 saturated carbocycles. The summed E-state index contributed by atoms with van der Waals surface area (Å²) in [6.07, 6.45) is 0. The molecule has 0 heterocycles. The molecule has 0 fully saturated rings. The van der Waals surface area contributed by atoms with Crippen LogP contribution in [0.4, 0.5) is 5.69 Å². The lowest BCUT2D eigenvalue weighted by molar-refractivity contribution is 1.48. The zero-order valence-corrected chi connectivity index (χ0v) is 5.89. The first-order valence-electron chi connectivity index (χ1n) is 2.73. The van der Waals surface area contributed by atoms with E-state index in [0.29, 0.717) is 5.56 Å². The maximum absolute atomic E-state index is 8.44. The fourth-order valence-corrected chi connectivity index (χ4v) is 0.765. The molecule has 0 amide bonds. The molecule has 0 aliphatic carbocycles. The fourth-order valence-electron chi connectivity index (χ4n) is 0.648. The number of nitriles is 1. The van der Waals surface area contributed by atoms with Crippen molar-refractivity contribution in [3.8, 4) is 6.07 Å². The van der Waals surface area contributed by atoms with Gasteiger partial charge in [0.05, 0.1) is 17.3 Å². The molecule has 0 radical (unpaired) electrons. The molecule has 0 aliphatic rings. The van der Waals surface area contributed by atoms with Crippen molar-refractivity contribution in [1.82, 2.24) is 0 Å². The van der Waals surface area contributed by atoms with E-state index in [1.54, 1.807) is 24.3 Å². The Kier molecular flexibility index (Phi) is 2.14. The third-order valence-corrected chi connectivity index (χ3v) is 1.32. The Bertz CT molecular complexity index is 265. The van der Waals surface area contributed by atoms with E-state index < -0.39 is 0 Å². The normalized spacial score (nSPS) is 8.40. The molecule has 0 spiro atoms. The van der Waals surface area contributed by atoms with Gasteiger partial charge in [0.15, 0.2) is 0 Å². The second kappa shape index (κ2) is 3.09. The minimum absolute atomic E-state index is 0.602. The Morgan fingerprint density at radius 1 is 1.50 bits per heavy atom. The summed E-state index contributed by atoms with van der Waals surface area (Å²) in [6.45, 7) is 0. The SMILES string of the molecule is N#Cc1cccc(NCl)c1. The van der Waals surface area contributed by atoms with Crippen molar-refractivity contribution in [2.45, 2.75) is 0 Å². The van der Waals surface area contributed by atoms with E-state index in [1.807, 2.05) is 6.07 Å². The molecule has 0 aromatic heterocycles. The molecule has 0 aliphatic heterocycles. The van der Waals surface area contributed by atoms with E-state index in [9.17, 15) is 0 Å². The number of anilines is 1. The van der Waals surface area contributed by atoms with Crippen LogP contribution in [0.1, 0.15) is 5.56 Å². The first-order chi connectivity index (χ1) is 4.86. The van der Waals surface area contributed by atoms with Gasteiger partial charge < -0.3 is 0 Å². The number of hydrogen-bond acceptors (Lipinski definition) is 2. The third-order valence-electron chi connectivity index (χ3n) is 1.10.